The van der Waals surface area contributed by atoms with Gasteiger partial charge in [-0.15, -0.1) is 5.10 Å². The molecule has 0 aliphatic carbocycles. The molecule has 1 heterocycles. The summed E-state index contributed by atoms with van der Waals surface area (Å²) in [6, 6.07) is 22.5. The average Bonchev–Trinajstić information content (AvgIpc) is 3.27. The van der Waals surface area contributed by atoms with E-state index in [0.29, 0.717) is 22.6 Å². The molecule has 0 spiro atoms. The second-order valence-electron chi connectivity index (χ2n) is 6.38. The maximum absolute atomic E-state index is 12.5. The number of hydrogen-bond donors (Lipinski definition) is 1. The van der Waals surface area contributed by atoms with E-state index in [-0.39, 0.29) is 17.8 Å². The lowest BCUT2D eigenvalue weighted by Crippen LogP contribution is -2.11. The minimum Gasteiger partial charge on any atom is -0.497 e. The molecule has 7 nitrogen and oxygen atoms in total. The summed E-state index contributed by atoms with van der Waals surface area (Å²) in [4.78, 5) is 12.5. The minimum atomic E-state index is -0.341. The highest BCUT2D eigenvalue weighted by atomic mass is 16.5. The highest BCUT2D eigenvalue weighted by Crippen LogP contribution is 2.33. The second kappa shape index (κ2) is 8.48. The van der Waals surface area contributed by atoms with E-state index in [0.717, 1.165) is 11.1 Å². The van der Waals surface area contributed by atoms with Crippen molar-refractivity contribution in [2.45, 2.75) is 0 Å². The number of amides is 1. The molecule has 0 aliphatic rings. The fraction of sp³-hybridized carbons (Fsp3) is 0.0870. The molecule has 0 atom stereocenters. The van der Waals surface area contributed by atoms with Crippen molar-refractivity contribution >= 4 is 11.9 Å². The third-order valence-corrected chi connectivity index (χ3v) is 4.54. The summed E-state index contributed by atoms with van der Waals surface area (Å²) in [7, 11) is 3.11. The lowest BCUT2D eigenvalue weighted by molar-refractivity contribution is 0.102. The van der Waals surface area contributed by atoms with Crippen molar-refractivity contribution in [3.05, 3.63) is 78.4 Å². The SMILES string of the molecule is COc1ccc(-c2nnc(NC(=O)c3ccc(-c4ccccc4)cc3)o2)c(OC)c1. The van der Waals surface area contributed by atoms with Crippen LogP contribution in [0.1, 0.15) is 10.4 Å². The van der Waals surface area contributed by atoms with Crippen molar-refractivity contribution in [3.63, 3.8) is 0 Å². The third-order valence-electron chi connectivity index (χ3n) is 4.54. The minimum absolute atomic E-state index is 0.00000650. The highest BCUT2D eigenvalue weighted by Gasteiger charge is 2.16. The van der Waals surface area contributed by atoms with Crippen LogP contribution in [-0.4, -0.2) is 30.3 Å². The van der Waals surface area contributed by atoms with Crippen LogP contribution in [0.25, 0.3) is 22.6 Å². The van der Waals surface area contributed by atoms with Gasteiger partial charge in [-0.2, -0.15) is 0 Å². The summed E-state index contributed by atoms with van der Waals surface area (Å²) in [5.74, 6) is 1.05. The van der Waals surface area contributed by atoms with E-state index in [9.17, 15) is 4.79 Å². The van der Waals surface area contributed by atoms with E-state index in [1.165, 1.54) is 7.11 Å². The maximum atomic E-state index is 12.5. The molecule has 0 fully saturated rings. The number of nitrogens with one attached hydrogen (secondary N) is 1. The standard InChI is InChI=1S/C23H19N3O4/c1-28-18-12-13-19(20(14-18)29-2)22-25-26-23(30-22)24-21(27)17-10-8-16(9-11-17)15-6-4-3-5-7-15/h3-14H,1-2H3,(H,24,26,27). The fourth-order valence-corrected chi connectivity index (χ4v) is 2.97. The van der Waals surface area contributed by atoms with Crippen LogP contribution in [0.4, 0.5) is 6.01 Å². The van der Waals surface area contributed by atoms with Crippen molar-refractivity contribution < 1.29 is 18.7 Å². The van der Waals surface area contributed by atoms with E-state index in [1.54, 1.807) is 37.4 Å². The maximum Gasteiger partial charge on any atom is 0.322 e. The Morgan fingerprint density at radius 3 is 2.30 bits per heavy atom. The lowest BCUT2D eigenvalue weighted by atomic mass is 10.0. The van der Waals surface area contributed by atoms with Crippen LogP contribution >= 0.6 is 0 Å². The molecule has 4 aromatic rings. The Labute approximate surface area is 173 Å². The Morgan fingerprint density at radius 1 is 0.867 bits per heavy atom. The van der Waals surface area contributed by atoms with E-state index in [1.807, 2.05) is 42.5 Å². The molecule has 0 saturated heterocycles. The van der Waals surface area contributed by atoms with Gasteiger partial charge in [0.25, 0.3) is 11.8 Å². The van der Waals surface area contributed by atoms with Crippen LogP contribution in [0.2, 0.25) is 0 Å². The number of carbonyl (C=O) groups is 1. The second-order valence-corrected chi connectivity index (χ2v) is 6.38. The molecule has 0 radical (unpaired) electrons. The number of benzene rings is 3. The molecule has 4 rings (SSSR count). The van der Waals surface area contributed by atoms with Gasteiger partial charge in [-0.05, 0) is 35.4 Å². The van der Waals surface area contributed by atoms with Crippen molar-refractivity contribution in [1.29, 1.82) is 0 Å². The Bertz CT molecular complexity index is 1150. The van der Waals surface area contributed by atoms with E-state index in [2.05, 4.69) is 15.5 Å². The topological polar surface area (TPSA) is 86.5 Å². The molecule has 1 aromatic heterocycles. The predicted molar refractivity (Wildman–Crippen MR) is 113 cm³/mol. The van der Waals surface area contributed by atoms with Crippen LogP contribution in [0.15, 0.2) is 77.2 Å². The van der Waals surface area contributed by atoms with E-state index in [4.69, 9.17) is 13.9 Å². The lowest BCUT2D eigenvalue weighted by Gasteiger charge is -2.07. The van der Waals surface area contributed by atoms with E-state index < -0.39 is 0 Å². The molecule has 3 aromatic carbocycles. The first-order valence-electron chi connectivity index (χ1n) is 9.20. The van der Waals surface area contributed by atoms with Crippen molar-refractivity contribution in [3.8, 4) is 34.1 Å². The first-order chi connectivity index (χ1) is 14.7. The fourth-order valence-electron chi connectivity index (χ4n) is 2.97. The molecule has 0 unspecified atom stereocenters. The number of nitrogens with zero attached hydrogens (tertiary/aromatic N) is 2. The van der Waals surface area contributed by atoms with Gasteiger partial charge >= 0.3 is 6.01 Å². The summed E-state index contributed by atoms with van der Waals surface area (Å²) in [5, 5.41) is 10.5. The molecule has 1 amide bonds. The first-order valence-corrected chi connectivity index (χ1v) is 9.20. The van der Waals surface area contributed by atoms with Gasteiger partial charge in [-0.25, -0.2) is 0 Å². The van der Waals surface area contributed by atoms with Crippen LogP contribution < -0.4 is 14.8 Å². The Kier molecular flexibility index (Phi) is 5.43. The van der Waals surface area contributed by atoms with Crippen LogP contribution in [-0.2, 0) is 0 Å². The Morgan fingerprint density at radius 2 is 1.60 bits per heavy atom. The zero-order valence-corrected chi connectivity index (χ0v) is 16.5. The molecule has 0 bridgehead atoms. The Balaban J connectivity index is 1.49. The van der Waals surface area contributed by atoms with Crippen molar-refractivity contribution in [2.24, 2.45) is 0 Å². The van der Waals surface area contributed by atoms with E-state index >= 15 is 0 Å². The molecular formula is C23H19N3O4. The number of anilines is 1. The largest absolute Gasteiger partial charge is 0.497 e. The molecule has 150 valence electrons. The van der Waals surface area contributed by atoms with Crippen LogP contribution in [0.3, 0.4) is 0 Å². The molecule has 1 N–H and O–H groups in total. The molecule has 0 saturated carbocycles. The normalized spacial score (nSPS) is 10.5. The molecule has 7 heteroatoms. The van der Waals surface area contributed by atoms with Crippen LogP contribution in [0, 0.1) is 0 Å². The van der Waals surface area contributed by atoms with Gasteiger partial charge in [0.15, 0.2) is 0 Å². The molecule has 30 heavy (non-hydrogen) atoms. The van der Waals surface area contributed by atoms with Crippen molar-refractivity contribution in [1.82, 2.24) is 10.2 Å². The van der Waals surface area contributed by atoms with Gasteiger partial charge in [-0.3, -0.25) is 10.1 Å². The number of rotatable bonds is 6. The highest BCUT2D eigenvalue weighted by molar-refractivity contribution is 6.03. The number of ether oxygens (including phenoxy) is 2. The van der Waals surface area contributed by atoms with Crippen LogP contribution in [0.5, 0.6) is 11.5 Å². The van der Waals surface area contributed by atoms with Gasteiger partial charge < -0.3 is 13.9 Å². The van der Waals surface area contributed by atoms with Gasteiger partial charge in [0, 0.05) is 11.6 Å². The third kappa shape index (κ3) is 4.00. The number of hydrogen-bond acceptors (Lipinski definition) is 6. The Hall–Kier alpha value is -4.13. The van der Waals surface area contributed by atoms with Gasteiger partial charge in [0.05, 0.1) is 19.8 Å². The monoisotopic (exact) mass is 401 g/mol. The van der Waals surface area contributed by atoms with Crippen molar-refractivity contribution in [2.75, 3.05) is 19.5 Å². The van der Waals surface area contributed by atoms with Gasteiger partial charge in [0.1, 0.15) is 11.5 Å². The number of carbonyl (C=O) groups excluding carboxylic acids is 1. The first kappa shape index (κ1) is 19.2. The summed E-state index contributed by atoms with van der Waals surface area (Å²) >= 11 is 0. The summed E-state index contributed by atoms with van der Waals surface area (Å²) in [5.41, 5.74) is 3.19. The molecule has 0 aliphatic heterocycles. The number of methoxy groups -OCH3 is 2. The zero-order valence-electron chi connectivity index (χ0n) is 16.5. The van der Waals surface area contributed by atoms with Gasteiger partial charge in [-0.1, -0.05) is 47.6 Å². The quantitative estimate of drug-likeness (QED) is 0.505. The summed E-state index contributed by atoms with van der Waals surface area (Å²) < 4.78 is 16.1. The smallest absolute Gasteiger partial charge is 0.322 e. The van der Waals surface area contributed by atoms with Gasteiger partial charge in [0.2, 0.25) is 0 Å². The molecular weight excluding hydrogens is 382 g/mol. The summed E-state index contributed by atoms with van der Waals surface area (Å²) in [6.07, 6.45) is 0. The number of aromatic nitrogens is 2. The predicted octanol–water partition coefficient (Wildman–Crippen LogP) is 4.67. The average molecular weight is 401 g/mol. The zero-order chi connectivity index (χ0) is 20.9. The summed E-state index contributed by atoms with van der Waals surface area (Å²) in [6.45, 7) is 0.